The second-order valence-electron chi connectivity index (χ2n) is 6.24. The second-order valence-corrected chi connectivity index (χ2v) is 8.25. The van der Waals surface area contributed by atoms with Gasteiger partial charge in [-0.15, -0.1) is 5.10 Å². The Morgan fingerprint density at radius 2 is 2.04 bits per heavy atom. The highest BCUT2D eigenvalue weighted by molar-refractivity contribution is 7.90. The Kier molecular flexibility index (Phi) is 4.40. The number of fused-ring (bicyclic) bond motifs is 1. The fourth-order valence-electron chi connectivity index (χ4n) is 2.72. The third-order valence-electron chi connectivity index (χ3n) is 4.06. The zero-order valence-corrected chi connectivity index (χ0v) is 15.7. The van der Waals surface area contributed by atoms with Crippen LogP contribution in [0.4, 0.5) is 5.95 Å². The van der Waals surface area contributed by atoms with Crippen LogP contribution in [-0.4, -0.2) is 44.7 Å². The molecule has 1 amide bonds. The molecule has 0 aliphatic carbocycles. The number of amides is 1. The second kappa shape index (κ2) is 6.89. The van der Waals surface area contributed by atoms with E-state index in [9.17, 15) is 13.2 Å². The molecule has 0 fully saturated rings. The van der Waals surface area contributed by atoms with Crippen molar-refractivity contribution in [3.05, 3.63) is 61.3 Å². The molecule has 3 heterocycles. The van der Waals surface area contributed by atoms with Crippen molar-refractivity contribution in [2.75, 3.05) is 11.6 Å². The molecule has 3 aromatic heterocycles. The molecule has 0 saturated heterocycles. The molecular formula is C18H16N6O3S. The van der Waals surface area contributed by atoms with Crippen molar-refractivity contribution in [2.45, 2.75) is 11.4 Å². The van der Waals surface area contributed by atoms with E-state index < -0.39 is 9.84 Å². The molecule has 1 aromatic carbocycles. The number of nitrogens with one attached hydrogen (secondary N) is 1. The van der Waals surface area contributed by atoms with Gasteiger partial charge in [0.15, 0.2) is 15.5 Å². The largest absolute Gasteiger partial charge is 0.328 e. The molecule has 0 unspecified atom stereocenters. The molecule has 142 valence electrons. The van der Waals surface area contributed by atoms with Gasteiger partial charge in [-0.1, -0.05) is 12.1 Å². The monoisotopic (exact) mass is 396 g/mol. The summed E-state index contributed by atoms with van der Waals surface area (Å²) in [6.45, 7) is 0.110. The maximum Gasteiger partial charge on any atom is 0.249 e. The summed E-state index contributed by atoms with van der Waals surface area (Å²) in [6.07, 6.45) is 7.73. The number of nitrogens with zero attached hydrogens (tertiary/aromatic N) is 5. The zero-order valence-electron chi connectivity index (χ0n) is 14.8. The first-order valence-corrected chi connectivity index (χ1v) is 10.2. The zero-order chi connectivity index (χ0) is 19.7. The van der Waals surface area contributed by atoms with Crippen molar-refractivity contribution in [1.29, 1.82) is 0 Å². The van der Waals surface area contributed by atoms with Crippen LogP contribution in [0.15, 0.2) is 66.2 Å². The summed E-state index contributed by atoms with van der Waals surface area (Å²) in [4.78, 5) is 20.5. The van der Waals surface area contributed by atoms with Crippen molar-refractivity contribution >= 4 is 27.3 Å². The number of hydrogen-bond donors (Lipinski definition) is 1. The highest BCUT2D eigenvalue weighted by Crippen LogP contribution is 2.23. The standard InChI is InChI=1S/C18H16N6O3S/c1-28(26,27)15-4-2-3-13(9-15)14-5-6-16-20-18(22-24(16)10-14)21-17(25)11-23-8-7-19-12-23/h2-10,12H,11H2,1H3,(H,21,22,25). The lowest BCUT2D eigenvalue weighted by Gasteiger charge is -2.04. The molecule has 0 radical (unpaired) electrons. The first-order chi connectivity index (χ1) is 13.4. The Morgan fingerprint density at radius 3 is 2.79 bits per heavy atom. The molecule has 9 nitrogen and oxygen atoms in total. The van der Waals surface area contributed by atoms with Crippen molar-refractivity contribution in [3.63, 3.8) is 0 Å². The number of aromatic nitrogens is 5. The van der Waals surface area contributed by atoms with Crippen molar-refractivity contribution in [1.82, 2.24) is 24.1 Å². The van der Waals surface area contributed by atoms with E-state index >= 15 is 0 Å². The Labute approximate surface area is 160 Å². The van der Waals surface area contributed by atoms with E-state index in [1.807, 2.05) is 12.1 Å². The van der Waals surface area contributed by atoms with Crippen LogP contribution < -0.4 is 5.32 Å². The number of hydrogen-bond acceptors (Lipinski definition) is 6. The predicted molar refractivity (Wildman–Crippen MR) is 102 cm³/mol. The van der Waals surface area contributed by atoms with Crippen LogP contribution in [0, 0.1) is 0 Å². The number of imidazole rings is 1. The fourth-order valence-corrected chi connectivity index (χ4v) is 3.39. The summed E-state index contributed by atoms with van der Waals surface area (Å²) >= 11 is 0. The summed E-state index contributed by atoms with van der Waals surface area (Å²) in [7, 11) is -3.30. The van der Waals surface area contributed by atoms with E-state index in [4.69, 9.17) is 0 Å². The predicted octanol–water partition coefficient (Wildman–Crippen LogP) is 1.63. The Bertz CT molecular complexity index is 1260. The molecule has 0 bridgehead atoms. The van der Waals surface area contributed by atoms with Gasteiger partial charge in [0.05, 0.1) is 11.2 Å². The Hall–Kier alpha value is -3.53. The van der Waals surface area contributed by atoms with Crippen molar-refractivity contribution in [3.8, 4) is 11.1 Å². The minimum absolute atomic E-state index is 0.110. The molecule has 0 saturated carbocycles. The topological polar surface area (TPSA) is 111 Å². The average molecular weight is 396 g/mol. The van der Waals surface area contributed by atoms with Gasteiger partial charge in [0, 0.05) is 30.4 Å². The summed E-state index contributed by atoms with van der Waals surface area (Å²) in [5.74, 6) is -0.0814. The van der Waals surface area contributed by atoms with E-state index in [-0.39, 0.29) is 23.3 Å². The van der Waals surface area contributed by atoms with Crippen LogP contribution in [0.3, 0.4) is 0 Å². The number of anilines is 1. The summed E-state index contributed by atoms with van der Waals surface area (Å²) in [5.41, 5.74) is 2.08. The molecule has 28 heavy (non-hydrogen) atoms. The number of carbonyl (C=O) groups is 1. The van der Waals surface area contributed by atoms with Gasteiger partial charge in [-0.25, -0.2) is 17.9 Å². The van der Waals surface area contributed by atoms with Crippen LogP contribution in [0.25, 0.3) is 16.8 Å². The lowest BCUT2D eigenvalue weighted by atomic mass is 10.1. The smallest absolute Gasteiger partial charge is 0.249 e. The lowest BCUT2D eigenvalue weighted by Crippen LogP contribution is -2.18. The van der Waals surface area contributed by atoms with Crippen LogP contribution in [-0.2, 0) is 21.2 Å². The van der Waals surface area contributed by atoms with E-state index in [0.29, 0.717) is 5.65 Å². The van der Waals surface area contributed by atoms with Crippen LogP contribution in [0.5, 0.6) is 0 Å². The van der Waals surface area contributed by atoms with E-state index in [1.165, 1.54) is 10.8 Å². The van der Waals surface area contributed by atoms with Gasteiger partial charge in [-0.3, -0.25) is 10.1 Å². The molecule has 0 aliphatic heterocycles. The lowest BCUT2D eigenvalue weighted by molar-refractivity contribution is -0.116. The minimum atomic E-state index is -3.30. The van der Waals surface area contributed by atoms with Gasteiger partial charge in [0.2, 0.25) is 11.9 Å². The molecule has 4 rings (SSSR count). The normalized spacial score (nSPS) is 11.6. The molecule has 1 N–H and O–H groups in total. The first-order valence-electron chi connectivity index (χ1n) is 8.31. The van der Waals surface area contributed by atoms with E-state index in [1.54, 1.807) is 53.8 Å². The van der Waals surface area contributed by atoms with Crippen LogP contribution >= 0.6 is 0 Å². The molecule has 0 aliphatic rings. The van der Waals surface area contributed by atoms with Crippen molar-refractivity contribution < 1.29 is 13.2 Å². The first kappa shape index (κ1) is 17.9. The van der Waals surface area contributed by atoms with Gasteiger partial charge in [0.25, 0.3) is 0 Å². The van der Waals surface area contributed by atoms with Crippen LogP contribution in [0.1, 0.15) is 0 Å². The number of carbonyl (C=O) groups excluding carboxylic acids is 1. The summed E-state index contributed by atoms with van der Waals surface area (Å²) < 4.78 is 26.7. The molecular weight excluding hydrogens is 380 g/mol. The average Bonchev–Trinajstić information content (AvgIpc) is 3.29. The molecule has 4 aromatic rings. The minimum Gasteiger partial charge on any atom is -0.328 e. The fraction of sp³-hybridized carbons (Fsp3) is 0.111. The molecule has 0 spiro atoms. The van der Waals surface area contributed by atoms with E-state index in [0.717, 1.165) is 11.1 Å². The van der Waals surface area contributed by atoms with Gasteiger partial charge < -0.3 is 4.57 Å². The maximum absolute atomic E-state index is 12.1. The summed E-state index contributed by atoms with van der Waals surface area (Å²) in [5, 5.41) is 6.92. The number of pyridine rings is 1. The van der Waals surface area contributed by atoms with Gasteiger partial charge in [-0.05, 0) is 29.8 Å². The van der Waals surface area contributed by atoms with Gasteiger partial charge in [0.1, 0.15) is 6.54 Å². The number of rotatable bonds is 5. The number of sulfone groups is 1. The third kappa shape index (κ3) is 3.76. The highest BCUT2D eigenvalue weighted by Gasteiger charge is 2.11. The Balaban J connectivity index is 1.59. The summed E-state index contributed by atoms with van der Waals surface area (Å²) in [6, 6.07) is 10.3. The van der Waals surface area contributed by atoms with Gasteiger partial charge in [-0.2, -0.15) is 4.98 Å². The van der Waals surface area contributed by atoms with Crippen LogP contribution in [0.2, 0.25) is 0 Å². The molecule has 0 atom stereocenters. The highest BCUT2D eigenvalue weighted by atomic mass is 32.2. The Morgan fingerprint density at radius 1 is 1.18 bits per heavy atom. The SMILES string of the molecule is CS(=O)(=O)c1cccc(-c2ccc3nc(NC(=O)Cn4ccnc4)nn3c2)c1. The third-order valence-corrected chi connectivity index (χ3v) is 5.17. The molecule has 10 heteroatoms. The number of benzene rings is 1. The maximum atomic E-state index is 12.1. The van der Waals surface area contributed by atoms with Gasteiger partial charge >= 0.3 is 0 Å². The van der Waals surface area contributed by atoms with Crippen molar-refractivity contribution in [2.24, 2.45) is 0 Å². The quantitative estimate of drug-likeness (QED) is 0.549. The van der Waals surface area contributed by atoms with E-state index in [2.05, 4.69) is 20.4 Å².